The summed E-state index contributed by atoms with van der Waals surface area (Å²) in [7, 11) is -2.99. The normalized spacial score (nSPS) is 19.5. The molecule has 0 radical (unpaired) electrons. The number of nitrogens with zero attached hydrogens (tertiary/aromatic N) is 2. The molecule has 1 saturated heterocycles. The zero-order valence-electron chi connectivity index (χ0n) is 13.0. The van der Waals surface area contributed by atoms with Crippen molar-refractivity contribution in [1.82, 2.24) is 5.01 Å². The van der Waals surface area contributed by atoms with Gasteiger partial charge in [-0.1, -0.05) is 17.7 Å². The van der Waals surface area contributed by atoms with Gasteiger partial charge in [0.2, 0.25) is 0 Å². The molecule has 1 fully saturated rings. The molecule has 1 heterocycles. The highest BCUT2D eigenvalue weighted by Gasteiger charge is 2.33. The van der Waals surface area contributed by atoms with Crippen LogP contribution in [0.15, 0.2) is 29.4 Å². The second-order valence-electron chi connectivity index (χ2n) is 5.74. The summed E-state index contributed by atoms with van der Waals surface area (Å²) in [5, 5.41) is 9.61. The highest BCUT2D eigenvalue weighted by atomic mass is 32.2. The fourth-order valence-corrected chi connectivity index (χ4v) is 4.29. The van der Waals surface area contributed by atoms with Crippen molar-refractivity contribution in [3.8, 4) is 0 Å². The summed E-state index contributed by atoms with van der Waals surface area (Å²) in [6, 6.07) is 7.65. The van der Waals surface area contributed by atoms with Gasteiger partial charge in [-0.05, 0) is 51.5 Å². The molecule has 5 nitrogen and oxygen atoms in total. The quantitative estimate of drug-likeness (QED) is 0.521. The van der Waals surface area contributed by atoms with E-state index in [4.69, 9.17) is 12.2 Å². The Kier molecular flexibility index (Phi) is 5.18. The minimum Gasteiger partial charge on any atom is -0.331 e. The van der Waals surface area contributed by atoms with Crippen LogP contribution in [-0.2, 0) is 9.84 Å². The Morgan fingerprint density at radius 2 is 1.95 bits per heavy atom. The molecule has 1 aliphatic heterocycles. The van der Waals surface area contributed by atoms with Gasteiger partial charge in [-0.25, -0.2) is 13.4 Å². The summed E-state index contributed by atoms with van der Waals surface area (Å²) in [6.45, 7) is 5.75. The fourth-order valence-electron chi connectivity index (χ4n) is 2.29. The van der Waals surface area contributed by atoms with Crippen molar-refractivity contribution in [2.75, 3.05) is 16.8 Å². The van der Waals surface area contributed by atoms with E-state index in [-0.39, 0.29) is 17.5 Å². The Morgan fingerprint density at radius 3 is 2.45 bits per heavy atom. The maximum atomic E-state index is 11.7. The molecule has 0 bridgehead atoms. The fraction of sp³-hybridized carbons (Fsp3) is 0.467. The largest absolute Gasteiger partial charge is 0.331 e. The van der Waals surface area contributed by atoms with Gasteiger partial charge in [0.15, 0.2) is 14.9 Å². The van der Waals surface area contributed by atoms with Crippen LogP contribution in [0.4, 0.5) is 5.69 Å². The average Bonchev–Trinajstić information content (AvgIpc) is 2.78. The molecule has 1 aromatic carbocycles. The zero-order valence-corrected chi connectivity index (χ0v) is 14.7. The van der Waals surface area contributed by atoms with Gasteiger partial charge in [-0.15, -0.1) is 0 Å². The van der Waals surface area contributed by atoms with E-state index < -0.39 is 9.84 Å². The van der Waals surface area contributed by atoms with E-state index >= 15 is 0 Å². The van der Waals surface area contributed by atoms with Gasteiger partial charge in [-0.3, -0.25) is 0 Å². The zero-order chi connectivity index (χ0) is 16.3. The number of hydrazone groups is 1. The van der Waals surface area contributed by atoms with Crippen LogP contribution in [0.3, 0.4) is 0 Å². The van der Waals surface area contributed by atoms with E-state index in [1.54, 1.807) is 5.01 Å². The van der Waals surface area contributed by atoms with Crippen molar-refractivity contribution in [1.29, 1.82) is 0 Å². The number of rotatable bonds is 3. The Hall–Kier alpha value is -1.47. The van der Waals surface area contributed by atoms with Crippen LogP contribution in [0.5, 0.6) is 0 Å². The van der Waals surface area contributed by atoms with Gasteiger partial charge in [-0.2, -0.15) is 5.10 Å². The molecule has 0 aromatic heterocycles. The lowest BCUT2D eigenvalue weighted by Gasteiger charge is -2.26. The van der Waals surface area contributed by atoms with Crippen molar-refractivity contribution in [2.24, 2.45) is 5.10 Å². The Morgan fingerprint density at radius 1 is 1.32 bits per heavy atom. The molecule has 0 aliphatic carbocycles. The molecule has 0 spiro atoms. The van der Waals surface area contributed by atoms with Crippen molar-refractivity contribution < 1.29 is 8.42 Å². The van der Waals surface area contributed by atoms with Gasteiger partial charge >= 0.3 is 0 Å². The first-order chi connectivity index (χ1) is 10.3. The summed E-state index contributed by atoms with van der Waals surface area (Å²) >= 11 is 5.43. The molecule has 0 saturated carbocycles. The van der Waals surface area contributed by atoms with Gasteiger partial charge < -0.3 is 5.32 Å². The van der Waals surface area contributed by atoms with Gasteiger partial charge in [0.05, 0.1) is 17.5 Å². The van der Waals surface area contributed by atoms with Gasteiger partial charge in [0.1, 0.15) is 0 Å². The third kappa shape index (κ3) is 4.51. The maximum absolute atomic E-state index is 11.7. The van der Waals surface area contributed by atoms with Crippen molar-refractivity contribution in [3.63, 3.8) is 0 Å². The van der Waals surface area contributed by atoms with Crippen molar-refractivity contribution >= 4 is 38.6 Å². The second kappa shape index (κ2) is 6.75. The number of anilines is 1. The molecule has 22 heavy (non-hydrogen) atoms. The predicted molar refractivity (Wildman–Crippen MR) is 95.1 cm³/mol. The van der Waals surface area contributed by atoms with Crippen LogP contribution in [-0.4, -0.2) is 41.8 Å². The van der Waals surface area contributed by atoms with E-state index in [1.165, 1.54) is 0 Å². The SMILES string of the molecule is CC(C)=NN(C(=S)Nc1ccc(C)cc1)[C@H]1CCS(=O)(=O)C1. The summed E-state index contributed by atoms with van der Waals surface area (Å²) in [5.41, 5.74) is 2.86. The lowest BCUT2D eigenvalue weighted by Crippen LogP contribution is -2.40. The highest BCUT2D eigenvalue weighted by molar-refractivity contribution is 7.91. The second-order valence-corrected chi connectivity index (χ2v) is 8.36. The van der Waals surface area contributed by atoms with E-state index in [0.29, 0.717) is 11.5 Å². The highest BCUT2D eigenvalue weighted by Crippen LogP contribution is 2.20. The van der Waals surface area contributed by atoms with Crippen molar-refractivity contribution in [3.05, 3.63) is 29.8 Å². The van der Waals surface area contributed by atoms with Gasteiger partial charge in [0, 0.05) is 11.4 Å². The van der Waals surface area contributed by atoms with E-state index in [1.807, 2.05) is 45.0 Å². The molecule has 7 heteroatoms. The molecule has 120 valence electrons. The van der Waals surface area contributed by atoms with Crippen LogP contribution in [0, 0.1) is 6.92 Å². The molecular weight excluding hydrogens is 318 g/mol. The Bertz CT molecular complexity index is 677. The Balaban J connectivity index is 2.16. The maximum Gasteiger partial charge on any atom is 0.194 e. The average molecular weight is 339 g/mol. The summed E-state index contributed by atoms with van der Waals surface area (Å²) in [6.07, 6.45) is 0.550. The molecule has 1 N–H and O–H groups in total. The smallest absolute Gasteiger partial charge is 0.194 e. The first-order valence-electron chi connectivity index (χ1n) is 7.16. The van der Waals surface area contributed by atoms with Crippen LogP contribution >= 0.6 is 12.2 Å². The van der Waals surface area contributed by atoms with Crippen LogP contribution in [0.1, 0.15) is 25.8 Å². The molecular formula is C15H21N3O2S2. The van der Waals surface area contributed by atoms with E-state index in [2.05, 4.69) is 10.4 Å². The number of benzene rings is 1. The summed E-state index contributed by atoms with van der Waals surface area (Å²) in [5.74, 6) is 0.291. The first kappa shape index (κ1) is 16.9. The summed E-state index contributed by atoms with van der Waals surface area (Å²) in [4.78, 5) is 0. The molecule has 0 unspecified atom stereocenters. The van der Waals surface area contributed by atoms with Gasteiger partial charge in [0.25, 0.3) is 0 Å². The topological polar surface area (TPSA) is 61.8 Å². The van der Waals surface area contributed by atoms with Crippen molar-refractivity contribution in [2.45, 2.75) is 33.2 Å². The Labute approximate surface area is 137 Å². The lowest BCUT2D eigenvalue weighted by atomic mass is 10.2. The first-order valence-corrected chi connectivity index (χ1v) is 9.39. The van der Waals surface area contributed by atoms with Crippen LogP contribution in [0.2, 0.25) is 0 Å². The molecule has 2 rings (SSSR count). The van der Waals surface area contributed by atoms with Crippen LogP contribution < -0.4 is 5.32 Å². The van der Waals surface area contributed by atoms with Crippen LogP contribution in [0.25, 0.3) is 0 Å². The monoisotopic (exact) mass is 339 g/mol. The molecule has 1 atom stereocenters. The third-order valence-corrected chi connectivity index (χ3v) is 5.41. The lowest BCUT2D eigenvalue weighted by molar-refractivity contribution is 0.356. The number of sulfone groups is 1. The van der Waals surface area contributed by atoms with E-state index in [9.17, 15) is 8.42 Å². The number of hydrogen-bond acceptors (Lipinski definition) is 4. The minimum atomic E-state index is -2.99. The number of nitrogens with one attached hydrogen (secondary N) is 1. The molecule has 1 aromatic rings. The minimum absolute atomic E-state index is 0.0967. The third-order valence-electron chi connectivity index (χ3n) is 3.37. The summed E-state index contributed by atoms with van der Waals surface area (Å²) < 4.78 is 23.4. The molecule has 0 amide bonds. The standard InChI is InChI=1S/C15H21N3O2S2/c1-11(2)17-18(14-8-9-22(19,20)10-14)15(21)16-13-6-4-12(3)5-7-13/h4-7,14H,8-10H2,1-3H3,(H,16,21)/t14-/m0/s1. The van der Waals surface area contributed by atoms with E-state index in [0.717, 1.165) is 17.0 Å². The predicted octanol–water partition coefficient (Wildman–Crippen LogP) is 2.58. The molecule has 1 aliphatic rings. The number of aryl methyl sites for hydroxylation is 1. The number of thiocarbonyl (C=S) groups is 1. The number of hydrogen-bond donors (Lipinski definition) is 1.